The molecule has 2 rings (SSSR count). The molecule has 0 unspecified atom stereocenters. The number of nitrogens with one attached hydrogen (secondary N) is 1. The zero-order valence-electron chi connectivity index (χ0n) is 25.5. The molecule has 0 atom stereocenters. The molecular formula is C31H39Cl3F3NO5. The van der Waals surface area contributed by atoms with Gasteiger partial charge in [0.1, 0.15) is 11.9 Å². The van der Waals surface area contributed by atoms with Crippen LogP contribution < -0.4 is 5.32 Å². The average Bonchev–Trinajstić information content (AvgIpc) is 2.95. The molecule has 2 aromatic rings. The van der Waals surface area contributed by atoms with Crippen molar-refractivity contribution in [2.24, 2.45) is 0 Å². The molecule has 0 saturated heterocycles. The van der Waals surface area contributed by atoms with Gasteiger partial charge in [0.25, 0.3) is 0 Å². The third-order valence-electron chi connectivity index (χ3n) is 4.92. The van der Waals surface area contributed by atoms with Crippen molar-refractivity contribution >= 4 is 64.3 Å². The van der Waals surface area contributed by atoms with Gasteiger partial charge in [0, 0.05) is 17.1 Å². The Labute approximate surface area is 267 Å². The van der Waals surface area contributed by atoms with E-state index in [0.29, 0.717) is 18.1 Å². The number of rotatable bonds is 8. The lowest BCUT2D eigenvalue weighted by Crippen LogP contribution is -2.18. The van der Waals surface area contributed by atoms with Gasteiger partial charge in [-0.3, -0.25) is 4.79 Å². The van der Waals surface area contributed by atoms with Gasteiger partial charge in [0.15, 0.2) is 0 Å². The summed E-state index contributed by atoms with van der Waals surface area (Å²) in [6.07, 6.45) is -2.02. The maximum atomic E-state index is 12.6. The van der Waals surface area contributed by atoms with E-state index in [0.717, 1.165) is 22.8 Å². The number of carbonyl (C=O) groups excluding carboxylic acids is 3. The van der Waals surface area contributed by atoms with Crippen LogP contribution in [-0.4, -0.2) is 44.7 Å². The smallest absolute Gasteiger partial charge is 0.417 e. The minimum atomic E-state index is -4.64. The van der Waals surface area contributed by atoms with Crippen molar-refractivity contribution in [1.82, 2.24) is 0 Å². The fraction of sp³-hybridized carbons (Fsp3) is 0.387. The first-order valence-electron chi connectivity index (χ1n) is 13.3. The van der Waals surface area contributed by atoms with E-state index in [4.69, 9.17) is 44.3 Å². The number of hydrogen-bond acceptors (Lipinski definition) is 6. The second kappa shape index (κ2) is 22.5. The molecule has 0 spiro atoms. The Morgan fingerprint density at radius 3 is 1.72 bits per heavy atom. The molecule has 0 aromatic heterocycles. The van der Waals surface area contributed by atoms with Crippen LogP contribution in [0.15, 0.2) is 48.1 Å². The van der Waals surface area contributed by atoms with Crippen molar-refractivity contribution in [2.75, 3.05) is 25.6 Å². The molecule has 43 heavy (non-hydrogen) atoms. The van der Waals surface area contributed by atoms with Crippen molar-refractivity contribution in [1.29, 1.82) is 0 Å². The number of hydrogen-bond donors (Lipinski definition) is 1. The monoisotopic (exact) mass is 667 g/mol. The number of ether oxygens (including phenoxy) is 2. The van der Waals surface area contributed by atoms with Gasteiger partial charge >= 0.3 is 18.1 Å². The van der Waals surface area contributed by atoms with Gasteiger partial charge in [-0.25, -0.2) is 9.59 Å². The van der Waals surface area contributed by atoms with Crippen LogP contribution in [0, 0.1) is 13.8 Å². The summed E-state index contributed by atoms with van der Waals surface area (Å²) in [5.74, 6) is -1.24. The van der Waals surface area contributed by atoms with E-state index in [1.807, 2.05) is 52.9 Å². The number of aldehydes is 1. The zero-order valence-corrected chi connectivity index (χ0v) is 27.8. The summed E-state index contributed by atoms with van der Waals surface area (Å²) in [5.41, 5.74) is 1.37. The number of allylic oxidation sites excluding steroid dienone is 3. The van der Waals surface area contributed by atoms with E-state index in [1.165, 1.54) is 11.6 Å². The summed E-state index contributed by atoms with van der Waals surface area (Å²) >= 11 is 17.3. The molecule has 0 aliphatic carbocycles. The topological polar surface area (TPSA) is 81.7 Å². The van der Waals surface area contributed by atoms with Crippen LogP contribution in [0.25, 0.3) is 5.57 Å². The molecule has 1 N–H and O–H groups in total. The van der Waals surface area contributed by atoms with E-state index in [2.05, 4.69) is 5.32 Å². The number of aryl methyl sites for hydroxylation is 1. The number of benzene rings is 2. The lowest BCUT2D eigenvalue weighted by Gasteiger charge is -2.13. The summed E-state index contributed by atoms with van der Waals surface area (Å²) in [4.78, 5) is 32.7. The van der Waals surface area contributed by atoms with Gasteiger partial charge in [-0.05, 0) is 81.1 Å². The summed E-state index contributed by atoms with van der Waals surface area (Å²) in [7, 11) is 1.86. The van der Waals surface area contributed by atoms with E-state index >= 15 is 0 Å². The third kappa shape index (κ3) is 15.9. The minimum absolute atomic E-state index is 0.0174. The summed E-state index contributed by atoms with van der Waals surface area (Å²) < 4.78 is 47.4. The molecule has 0 aliphatic heterocycles. The van der Waals surface area contributed by atoms with Crippen molar-refractivity contribution in [2.45, 2.75) is 61.1 Å². The van der Waals surface area contributed by atoms with Crippen LogP contribution in [0.1, 0.15) is 57.7 Å². The largest absolute Gasteiger partial charge is 0.462 e. The van der Waals surface area contributed by atoms with Crippen molar-refractivity contribution in [3.63, 3.8) is 0 Å². The number of alkyl halides is 3. The predicted octanol–water partition coefficient (Wildman–Crippen LogP) is 9.61. The van der Waals surface area contributed by atoms with E-state index < -0.39 is 23.7 Å². The highest BCUT2D eigenvalue weighted by molar-refractivity contribution is 6.36. The lowest BCUT2D eigenvalue weighted by atomic mass is 10.0. The Hall–Kier alpha value is -3.01. The molecular weight excluding hydrogens is 630 g/mol. The predicted molar refractivity (Wildman–Crippen MR) is 170 cm³/mol. The van der Waals surface area contributed by atoms with Gasteiger partial charge in [0.05, 0.1) is 29.5 Å². The SMILES string of the molecule is CC.CCC=C(C(=O)OCC)C(=O)OCC.CNc1cc(C)ccc1Cl.Cc1c(Cl)cc(/C(=C/C=O)C(F)(F)F)cc1Cl. The molecule has 0 amide bonds. The van der Waals surface area contributed by atoms with Crippen LogP contribution in [0.4, 0.5) is 18.9 Å². The van der Waals surface area contributed by atoms with Crippen LogP contribution >= 0.6 is 34.8 Å². The van der Waals surface area contributed by atoms with Crippen LogP contribution in [0.5, 0.6) is 0 Å². The lowest BCUT2D eigenvalue weighted by molar-refractivity contribution is -0.146. The van der Waals surface area contributed by atoms with Crippen LogP contribution in [-0.2, 0) is 23.9 Å². The summed E-state index contributed by atoms with van der Waals surface area (Å²) in [6.45, 7) is 13.3. The maximum absolute atomic E-state index is 12.6. The summed E-state index contributed by atoms with van der Waals surface area (Å²) in [6, 6.07) is 8.16. The van der Waals surface area contributed by atoms with Gasteiger partial charge in [-0.2, -0.15) is 13.2 Å². The highest BCUT2D eigenvalue weighted by Gasteiger charge is 2.35. The number of esters is 2. The molecule has 0 fully saturated rings. The Morgan fingerprint density at radius 1 is 0.884 bits per heavy atom. The minimum Gasteiger partial charge on any atom is -0.462 e. The first-order chi connectivity index (χ1) is 20.2. The standard InChI is InChI=1S/C11H7Cl2F3O.C10H16O4.C8H10ClN.C2H6/c1-6-9(12)4-7(5-10(6)13)8(2-3-17)11(14,15)16;1-4-7-8(9(11)13-5-2)10(12)14-6-3;1-6-3-4-7(9)8(5-6)10-2;1-2/h2-5H,1H3;7H,4-6H2,1-3H3;3-5,10H,1-2H3;1-2H3/b8-2-;;;. The van der Waals surface area contributed by atoms with Gasteiger partial charge in [-0.15, -0.1) is 0 Å². The fourth-order valence-corrected chi connectivity index (χ4v) is 3.62. The van der Waals surface area contributed by atoms with E-state index in [-0.39, 0.29) is 40.7 Å². The van der Waals surface area contributed by atoms with Crippen molar-refractivity contribution in [3.8, 4) is 0 Å². The van der Waals surface area contributed by atoms with Crippen molar-refractivity contribution in [3.05, 3.63) is 79.8 Å². The zero-order chi connectivity index (χ0) is 33.8. The molecule has 6 nitrogen and oxygen atoms in total. The Balaban J connectivity index is 0. The van der Waals surface area contributed by atoms with Crippen molar-refractivity contribution < 1.29 is 37.0 Å². The van der Waals surface area contributed by atoms with E-state index in [9.17, 15) is 27.6 Å². The molecule has 0 saturated carbocycles. The Bertz CT molecular complexity index is 1200. The second-order valence-corrected chi connectivity index (χ2v) is 9.20. The molecule has 0 radical (unpaired) electrons. The molecule has 0 aliphatic rings. The highest BCUT2D eigenvalue weighted by Crippen LogP contribution is 2.37. The fourth-order valence-electron chi connectivity index (χ4n) is 2.93. The second-order valence-electron chi connectivity index (χ2n) is 7.98. The maximum Gasteiger partial charge on any atom is 0.417 e. The van der Waals surface area contributed by atoms with Gasteiger partial charge < -0.3 is 14.8 Å². The third-order valence-corrected chi connectivity index (χ3v) is 6.04. The number of anilines is 1. The Morgan fingerprint density at radius 2 is 1.37 bits per heavy atom. The van der Waals surface area contributed by atoms with Crippen LogP contribution in [0.3, 0.4) is 0 Å². The molecule has 0 heterocycles. The highest BCUT2D eigenvalue weighted by atomic mass is 35.5. The first kappa shape index (κ1) is 42.1. The molecule has 0 bridgehead atoms. The van der Waals surface area contributed by atoms with Gasteiger partial charge in [0.2, 0.25) is 0 Å². The number of carbonyl (C=O) groups is 3. The van der Waals surface area contributed by atoms with E-state index in [1.54, 1.807) is 20.8 Å². The average molecular weight is 669 g/mol. The summed E-state index contributed by atoms with van der Waals surface area (Å²) in [5, 5.41) is 4.01. The Kier molecular flexibility index (Phi) is 22.1. The normalized spacial score (nSPS) is 10.3. The van der Waals surface area contributed by atoms with Gasteiger partial charge in [-0.1, -0.05) is 67.7 Å². The molecule has 240 valence electrons. The molecule has 12 heteroatoms. The quantitative estimate of drug-likeness (QED) is 0.0992. The molecule has 2 aromatic carbocycles. The van der Waals surface area contributed by atoms with Crippen LogP contribution in [0.2, 0.25) is 15.1 Å². The number of halogens is 6. The first-order valence-corrected chi connectivity index (χ1v) is 14.5.